The standard InChI is InChI=1S/C39H25N3O.C36H27N3.C33H21N3S.C27H16N2O/c1-2-10-26(11-3-1)27-18-21-29(22-19-27)42-35-16-8-9-17-37(35)43-38-24-28(20-23-36(38)42)32-25-41-34-15-7-6-14-33(34)40-39(41)31-13-5-4-12-30(31)32;1-36(2)29-16-8-10-18-32(29)39(25-12-4-3-5-13-25)33-21-20-24(22-30(33)36)28-23-38-34-19-11-9-17-31(34)37-35(38)27-15-7-6-14-26(27)28;1-2-10-23(11-3-1)36-29-16-8-9-17-31(29)37-32-20-22(18-19-30(32)36)26-21-35-28-15-7-6-14-27(28)34-33(35)25-13-5-4-12-24(25)26;1-2-9-20-18(7-1)22(16-29-24-11-5-4-10-23(24)28-27(20)29)17-13-14-26-21(15-17)19-8-3-6-12-25(19)30-26/h1-25H;3-23H,1-2H3;1-21H;1-16H. The summed E-state index contributed by atoms with van der Waals surface area (Å²) in [5.41, 5.74) is 38.9. The normalized spacial score (nSPS) is 12.8. The fraction of sp³-hybridized carbons (Fsp3) is 0.0222. The molecule has 32 rings (SSSR count). The predicted octanol–water partition coefficient (Wildman–Crippen LogP) is 36.4. The Morgan fingerprint density at radius 3 is 1.06 bits per heavy atom. The van der Waals surface area contributed by atoms with Crippen molar-refractivity contribution in [2.45, 2.75) is 29.1 Å². The molecular weight excluding hydrogens is 1840 g/mol. The van der Waals surface area contributed by atoms with Crippen molar-refractivity contribution in [2.75, 3.05) is 14.7 Å². The maximum atomic E-state index is 6.58. The van der Waals surface area contributed by atoms with Gasteiger partial charge in [0.15, 0.2) is 11.5 Å². The SMILES string of the molecule is CC1(C)c2ccccc2N(c2ccccc2)c2ccc(-c3cn4c5ccccc5nc4c4ccccc34)cc21.c1ccc(-c2ccc(N3c4ccccc4Oc4cc(-c5cn6c7ccccc7nc6c6ccccc56)ccc43)cc2)cc1.c1ccc(N2c3ccccc3Sc3cc(-c4cn5c6ccccc6nc5c5ccccc45)ccc32)cc1.c1ccc2c(c1)nc1c3ccccc3c(-c3ccc4oc5ccccc5c4c3)cn21. The van der Waals surface area contributed by atoms with Gasteiger partial charge in [0.2, 0.25) is 0 Å². The molecule has 0 N–H and O–H groups in total. The molecule has 702 valence electrons. The summed E-state index contributed by atoms with van der Waals surface area (Å²) in [5.74, 6) is 1.66. The molecule has 0 saturated heterocycles. The zero-order valence-electron chi connectivity index (χ0n) is 81.1. The van der Waals surface area contributed by atoms with Gasteiger partial charge in [-0.1, -0.05) is 335 Å². The summed E-state index contributed by atoms with van der Waals surface area (Å²) in [7, 11) is 0. The lowest BCUT2D eigenvalue weighted by atomic mass is 9.73. The van der Waals surface area contributed by atoms with Gasteiger partial charge in [-0.2, -0.15) is 0 Å². The van der Waals surface area contributed by atoms with Crippen molar-refractivity contribution in [3.8, 4) is 67.1 Å². The summed E-state index contributed by atoms with van der Waals surface area (Å²) in [6.07, 6.45) is 8.96. The van der Waals surface area contributed by atoms with Gasteiger partial charge < -0.3 is 23.9 Å². The summed E-state index contributed by atoms with van der Waals surface area (Å²) in [5, 5.41) is 11.7. The molecule has 0 aliphatic carbocycles. The van der Waals surface area contributed by atoms with Crippen molar-refractivity contribution in [2.24, 2.45) is 0 Å². The first-order chi connectivity index (χ1) is 73.6. The van der Waals surface area contributed by atoms with Crippen LogP contribution >= 0.6 is 11.8 Å². The molecule has 29 aromatic rings. The van der Waals surface area contributed by atoms with Gasteiger partial charge in [0.25, 0.3) is 0 Å². The van der Waals surface area contributed by atoms with Crippen molar-refractivity contribution >= 4 is 195 Å². The minimum absolute atomic E-state index is 0.158. The second-order valence-corrected chi connectivity index (χ2v) is 39.9. The first kappa shape index (κ1) is 86.3. The van der Waals surface area contributed by atoms with Crippen LogP contribution in [-0.4, -0.2) is 37.5 Å². The van der Waals surface area contributed by atoms with Crippen molar-refractivity contribution in [3.05, 3.63) is 515 Å². The van der Waals surface area contributed by atoms with Crippen LogP contribution in [0.3, 0.4) is 0 Å². The van der Waals surface area contributed by atoms with E-state index in [0.29, 0.717) is 0 Å². The third-order valence-electron chi connectivity index (χ3n) is 29.9. The molecule has 0 unspecified atom stereocenters. The van der Waals surface area contributed by atoms with E-state index >= 15 is 0 Å². The fourth-order valence-electron chi connectivity index (χ4n) is 22.9. The molecule has 0 spiro atoms. The number of aromatic nitrogens is 8. The maximum Gasteiger partial charge on any atom is 0.152 e. The minimum atomic E-state index is -0.158. The Bertz CT molecular complexity index is 10500. The largest absolute Gasteiger partial charge is 0.456 e. The van der Waals surface area contributed by atoms with Gasteiger partial charge in [0.1, 0.15) is 33.8 Å². The van der Waals surface area contributed by atoms with Gasteiger partial charge >= 0.3 is 0 Å². The summed E-state index contributed by atoms with van der Waals surface area (Å²) < 4.78 is 21.5. The van der Waals surface area contributed by atoms with Crippen molar-refractivity contribution in [3.63, 3.8) is 0 Å². The zero-order valence-corrected chi connectivity index (χ0v) is 81.9. The van der Waals surface area contributed by atoms with Crippen LogP contribution < -0.4 is 19.4 Å². The number of anilines is 9. The van der Waals surface area contributed by atoms with E-state index in [9.17, 15) is 0 Å². The second kappa shape index (κ2) is 35.0. The molecule has 20 aromatic carbocycles. The summed E-state index contributed by atoms with van der Waals surface area (Å²) in [6, 6.07) is 169. The number of nitrogens with zero attached hydrogens (tertiary/aromatic N) is 11. The van der Waals surface area contributed by atoms with Gasteiger partial charge in [-0.25, -0.2) is 19.9 Å². The molecule has 0 fully saturated rings. The molecule has 0 amide bonds. The quantitative estimate of drug-likeness (QED) is 0.146. The molecule has 3 aliphatic heterocycles. The summed E-state index contributed by atoms with van der Waals surface area (Å²) in [4.78, 5) is 29.4. The number of pyridine rings is 4. The van der Waals surface area contributed by atoms with Crippen LogP contribution in [0.4, 0.5) is 51.2 Å². The Morgan fingerprint density at radius 1 is 0.215 bits per heavy atom. The molecule has 0 saturated carbocycles. The van der Waals surface area contributed by atoms with Crippen LogP contribution in [0, 0.1) is 0 Å². The van der Waals surface area contributed by atoms with Crippen LogP contribution in [0.5, 0.6) is 11.5 Å². The number of benzene rings is 20. The van der Waals surface area contributed by atoms with Crippen molar-refractivity contribution < 1.29 is 9.15 Å². The highest BCUT2D eigenvalue weighted by Gasteiger charge is 2.38. The van der Waals surface area contributed by atoms with E-state index in [1.54, 1.807) is 0 Å². The molecular formula is C135H89N11O2S. The van der Waals surface area contributed by atoms with Crippen LogP contribution in [0.15, 0.2) is 518 Å². The first-order valence-electron chi connectivity index (χ1n) is 50.4. The number of fused-ring (bicyclic) bond motifs is 29. The molecule has 14 heteroatoms. The van der Waals surface area contributed by atoms with Crippen LogP contribution in [0.25, 0.3) is 187 Å². The lowest BCUT2D eigenvalue weighted by Gasteiger charge is -2.42. The number of ether oxygens (including phenoxy) is 1. The van der Waals surface area contributed by atoms with Crippen molar-refractivity contribution in [1.82, 2.24) is 37.5 Å². The van der Waals surface area contributed by atoms with E-state index in [0.717, 1.165) is 150 Å². The van der Waals surface area contributed by atoms with E-state index in [-0.39, 0.29) is 5.41 Å². The molecule has 3 aliphatic rings. The fourth-order valence-corrected chi connectivity index (χ4v) is 24.0. The van der Waals surface area contributed by atoms with E-state index in [4.69, 9.17) is 29.1 Å². The number of hydrogen-bond acceptors (Lipinski definition) is 10. The van der Waals surface area contributed by atoms with Gasteiger partial charge in [0, 0.05) is 112 Å². The van der Waals surface area contributed by atoms with Gasteiger partial charge in [-0.15, -0.1) is 0 Å². The highest BCUT2D eigenvalue weighted by Crippen LogP contribution is 2.57. The highest BCUT2D eigenvalue weighted by atomic mass is 32.2. The monoisotopic (exact) mass is 1930 g/mol. The molecule has 0 radical (unpaired) electrons. The highest BCUT2D eigenvalue weighted by molar-refractivity contribution is 7.99. The summed E-state index contributed by atoms with van der Waals surface area (Å²) >= 11 is 1.84. The molecule has 0 atom stereocenters. The van der Waals surface area contributed by atoms with Crippen LogP contribution in [0.2, 0.25) is 0 Å². The Balaban J connectivity index is 0.0000000941. The number of furan rings is 1. The topological polar surface area (TPSA) is 101 Å². The predicted molar refractivity (Wildman–Crippen MR) is 616 cm³/mol. The number of imidazole rings is 4. The van der Waals surface area contributed by atoms with Crippen LogP contribution in [-0.2, 0) is 5.41 Å². The zero-order chi connectivity index (χ0) is 98.5. The van der Waals surface area contributed by atoms with Gasteiger partial charge in [-0.3, -0.25) is 17.6 Å². The van der Waals surface area contributed by atoms with E-state index in [1.807, 2.05) is 54.2 Å². The van der Waals surface area contributed by atoms with Gasteiger partial charge in [0.05, 0.1) is 78.3 Å². The van der Waals surface area contributed by atoms with E-state index in [2.05, 4.69) is 508 Å². The summed E-state index contributed by atoms with van der Waals surface area (Å²) in [6.45, 7) is 4.70. The Hall–Kier alpha value is -19.4. The molecule has 0 bridgehead atoms. The molecule has 12 heterocycles. The number of rotatable bonds is 8. The maximum absolute atomic E-state index is 6.58. The van der Waals surface area contributed by atoms with Crippen molar-refractivity contribution in [1.29, 1.82) is 0 Å². The smallest absolute Gasteiger partial charge is 0.152 e. The molecule has 9 aromatic heterocycles. The average Bonchev–Trinajstić information content (AvgIpc) is 1.69. The minimum Gasteiger partial charge on any atom is -0.456 e. The average molecular weight is 1930 g/mol. The number of para-hydroxylation sites is 15. The Labute approximate surface area is 861 Å². The first-order valence-corrected chi connectivity index (χ1v) is 51.3. The second-order valence-electron chi connectivity index (χ2n) is 38.8. The Kier molecular flexibility index (Phi) is 20.3. The third kappa shape index (κ3) is 14.4. The lowest BCUT2D eigenvalue weighted by Crippen LogP contribution is -2.30. The molecule has 149 heavy (non-hydrogen) atoms. The van der Waals surface area contributed by atoms with Crippen LogP contribution in [0.1, 0.15) is 25.0 Å². The lowest BCUT2D eigenvalue weighted by molar-refractivity contribution is 0.477. The Morgan fingerprint density at radius 2 is 0.544 bits per heavy atom. The van der Waals surface area contributed by atoms with Gasteiger partial charge in [-0.05, 0) is 236 Å². The molecule has 13 nitrogen and oxygen atoms in total. The number of hydrogen-bond donors (Lipinski definition) is 0. The third-order valence-corrected chi connectivity index (χ3v) is 31.0. The van der Waals surface area contributed by atoms with E-state index < -0.39 is 0 Å². The van der Waals surface area contributed by atoms with E-state index in [1.165, 1.54) is 121 Å².